The Balaban J connectivity index is 0.862. The molecule has 10 nitrogen and oxygen atoms in total. The second-order valence-electron chi connectivity index (χ2n) is 14.2. The van der Waals surface area contributed by atoms with Crippen molar-refractivity contribution < 1.29 is 28.1 Å². The van der Waals surface area contributed by atoms with Crippen molar-refractivity contribution in [1.29, 1.82) is 0 Å². The Bertz CT molecular complexity index is 1740. The number of hydrogen-bond donors (Lipinski definition) is 2. The molecule has 2 aliphatic heterocycles. The van der Waals surface area contributed by atoms with Crippen molar-refractivity contribution in [3.05, 3.63) is 132 Å². The maximum Gasteiger partial charge on any atom is 0.206 e. The molecule has 2 atom stereocenters. The van der Waals surface area contributed by atoms with Crippen molar-refractivity contribution in [3.8, 4) is 11.5 Å². The average Bonchev–Trinajstić information content (AvgIpc) is 3.22. The molecule has 2 N–H and O–H groups in total. The van der Waals surface area contributed by atoms with Crippen LogP contribution in [-0.4, -0.2) is 142 Å². The third kappa shape index (κ3) is 12.9. The van der Waals surface area contributed by atoms with E-state index < -0.39 is 22.0 Å². The molecule has 55 heavy (non-hydrogen) atoms. The Morgan fingerprint density at radius 1 is 0.509 bits per heavy atom. The fourth-order valence-electron chi connectivity index (χ4n) is 6.77. The van der Waals surface area contributed by atoms with Crippen LogP contribution in [0.25, 0.3) is 12.2 Å². The number of aliphatic hydroxyl groups excluding tert-OH is 2. The minimum Gasteiger partial charge on any atom is -0.491 e. The number of β-amino-alcohol motifs (C(OH)–C–C–N with tert-alkyl or cyclic N) is 2. The topological polar surface area (TPSA) is 106 Å². The van der Waals surface area contributed by atoms with Gasteiger partial charge in [-0.2, -0.15) is 0 Å². The van der Waals surface area contributed by atoms with E-state index >= 15 is 0 Å². The van der Waals surface area contributed by atoms with Crippen LogP contribution in [0.2, 0.25) is 0 Å². The number of aliphatic hydroxyl groups is 2. The van der Waals surface area contributed by atoms with Crippen LogP contribution in [0.15, 0.2) is 131 Å². The molecule has 0 spiro atoms. The standard InChI is InChI=1S/C44H54N4O6S/c49-39(33-47-29-25-45(26-30-47)23-7-13-37-9-3-1-4-10-37)35-53-41-15-19-43(20-16-41)55(51,52)44-21-17-42(18-22-44)54-36-40(50)34-48-31-27-46(28-32-48)24-8-14-38-11-5-2-6-12-38/h1-22,39-40,49-50H,23-36H2. The van der Waals surface area contributed by atoms with E-state index in [-0.39, 0.29) is 23.0 Å². The second kappa shape index (κ2) is 20.5. The maximum absolute atomic E-state index is 13.3. The molecular formula is C44H54N4O6S. The quantitative estimate of drug-likeness (QED) is 0.149. The van der Waals surface area contributed by atoms with Gasteiger partial charge >= 0.3 is 0 Å². The summed E-state index contributed by atoms with van der Waals surface area (Å²) >= 11 is 0. The largest absolute Gasteiger partial charge is 0.491 e. The number of ether oxygens (including phenoxy) is 2. The summed E-state index contributed by atoms with van der Waals surface area (Å²) in [6, 6.07) is 33.1. The summed E-state index contributed by atoms with van der Waals surface area (Å²) in [4.78, 5) is 9.59. The Morgan fingerprint density at radius 3 is 1.22 bits per heavy atom. The van der Waals surface area contributed by atoms with Crippen LogP contribution in [0.5, 0.6) is 11.5 Å². The minimum absolute atomic E-state index is 0.117. The molecular weight excluding hydrogens is 713 g/mol. The molecule has 292 valence electrons. The minimum atomic E-state index is -3.76. The summed E-state index contributed by atoms with van der Waals surface area (Å²) in [6.45, 7) is 10.4. The average molecular weight is 767 g/mol. The van der Waals surface area contributed by atoms with Crippen molar-refractivity contribution >= 4 is 22.0 Å². The van der Waals surface area contributed by atoms with E-state index in [9.17, 15) is 18.6 Å². The molecule has 4 aromatic carbocycles. The van der Waals surface area contributed by atoms with Gasteiger partial charge in [0.05, 0.1) is 9.79 Å². The van der Waals surface area contributed by atoms with Crippen molar-refractivity contribution in [2.45, 2.75) is 22.0 Å². The lowest BCUT2D eigenvalue weighted by atomic mass is 10.2. The molecule has 2 fully saturated rings. The number of sulfone groups is 1. The Hall–Kier alpha value is -4.33. The Kier molecular flexibility index (Phi) is 15.1. The molecule has 6 rings (SSSR count). The van der Waals surface area contributed by atoms with E-state index in [1.54, 1.807) is 24.3 Å². The summed E-state index contributed by atoms with van der Waals surface area (Å²) < 4.78 is 38.3. The molecule has 0 amide bonds. The van der Waals surface area contributed by atoms with Gasteiger partial charge in [-0.3, -0.25) is 19.6 Å². The monoisotopic (exact) mass is 766 g/mol. The van der Waals surface area contributed by atoms with E-state index in [0.717, 1.165) is 65.4 Å². The van der Waals surface area contributed by atoms with Crippen molar-refractivity contribution in [2.24, 2.45) is 0 Å². The van der Waals surface area contributed by atoms with Gasteiger partial charge in [0.15, 0.2) is 0 Å². The zero-order valence-corrected chi connectivity index (χ0v) is 32.3. The summed E-state index contributed by atoms with van der Waals surface area (Å²) in [5.41, 5.74) is 2.40. The fraction of sp³-hybridized carbons (Fsp3) is 0.364. The first-order chi connectivity index (χ1) is 26.8. The predicted octanol–water partition coefficient (Wildman–Crippen LogP) is 4.66. The van der Waals surface area contributed by atoms with E-state index in [0.29, 0.717) is 24.6 Å². The number of benzene rings is 4. The van der Waals surface area contributed by atoms with Crippen LogP contribution in [0, 0.1) is 0 Å². The highest BCUT2D eigenvalue weighted by Gasteiger charge is 2.22. The summed E-state index contributed by atoms with van der Waals surface area (Å²) in [5, 5.41) is 21.3. The lowest BCUT2D eigenvalue weighted by Gasteiger charge is -2.35. The van der Waals surface area contributed by atoms with Gasteiger partial charge in [-0.15, -0.1) is 0 Å². The Labute approximate surface area is 326 Å². The highest BCUT2D eigenvalue weighted by molar-refractivity contribution is 7.91. The summed E-state index contributed by atoms with van der Waals surface area (Å²) in [6.07, 6.45) is 7.36. The van der Waals surface area contributed by atoms with Crippen LogP contribution in [0.3, 0.4) is 0 Å². The van der Waals surface area contributed by atoms with Gasteiger partial charge in [0, 0.05) is 78.5 Å². The smallest absolute Gasteiger partial charge is 0.206 e. The van der Waals surface area contributed by atoms with Gasteiger partial charge in [-0.05, 0) is 59.7 Å². The van der Waals surface area contributed by atoms with E-state index in [1.807, 2.05) is 36.4 Å². The number of hydrogen-bond acceptors (Lipinski definition) is 10. The molecule has 2 aliphatic rings. The van der Waals surface area contributed by atoms with Gasteiger partial charge in [0.1, 0.15) is 36.9 Å². The van der Waals surface area contributed by atoms with Gasteiger partial charge in [-0.1, -0.05) is 85.0 Å². The highest BCUT2D eigenvalue weighted by atomic mass is 32.2. The van der Waals surface area contributed by atoms with Gasteiger partial charge in [0.2, 0.25) is 9.84 Å². The molecule has 0 aromatic heterocycles. The van der Waals surface area contributed by atoms with Crippen LogP contribution < -0.4 is 9.47 Å². The van der Waals surface area contributed by atoms with Crippen LogP contribution in [-0.2, 0) is 9.84 Å². The van der Waals surface area contributed by atoms with Crippen LogP contribution in [0.4, 0.5) is 0 Å². The molecule has 0 radical (unpaired) electrons. The zero-order chi connectivity index (χ0) is 38.3. The second-order valence-corrected chi connectivity index (χ2v) is 16.2. The molecule has 2 heterocycles. The first kappa shape index (κ1) is 40.3. The highest BCUT2D eigenvalue weighted by Crippen LogP contribution is 2.25. The van der Waals surface area contributed by atoms with Crippen LogP contribution in [0.1, 0.15) is 11.1 Å². The molecule has 11 heteroatoms. The molecule has 4 aromatic rings. The summed E-state index contributed by atoms with van der Waals surface area (Å²) in [7, 11) is -3.76. The molecule has 2 unspecified atom stereocenters. The van der Waals surface area contributed by atoms with Crippen LogP contribution >= 0.6 is 0 Å². The number of nitrogens with zero attached hydrogens (tertiary/aromatic N) is 4. The van der Waals surface area contributed by atoms with E-state index in [4.69, 9.17) is 9.47 Å². The summed E-state index contributed by atoms with van der Waals surface area (Å²) in [5.74, 6) is 0.987. The maximum atomic E-state index is 13.3. The normalized spacial score (nSPS) is 17.8. The number of piperazine rings is 2. The van der Waals surface area contributed by atoms with Gasteiger partial charge in [0.25, 0.3) is 0 Å². The molecule has 0 saturated carbocycles. The van der Waals surface area contributed by atoms with E-state index in [2.05, 4.69) is 68.2 Å². The fourth-order valence-corrected chi connectivity index (χ4v) is 8.03. The third-order valence-corrected chi connectivity index (χ3v) is 11.8. The molecule has 2 saturated heterocycles. The van der Waals surface area contributed by atoms with Crippen molar-refractivity contribution in [2.75, 3.05) is 91.8 Å². The zero-order valence-electron chi connectivity index (χ0n) is 31.5. The van der Waals surface area contributed by atoms with Crippen molar-refractivity contribution in [3.63, 3.8) is 0 Å². The first-order valence-electron chi connectivity index (χ1n) is 19.2. The van der Waals surface area contributed by atoms with Gasteiger partial charge in [-0.25, -0.2) is 8.42 Å². The van der Waals surface area contributed by atoms with Crippen molar-refractivity contribution in [1.82, 2.24) is 19.6 Å². The third-order valence-electron chi connectivity index (χ3n) is 9.97. The first-order valence-corrected chi connectivity index (χ1v) is 20.7. The molecule has 0 bridgehead atoms. The van der Waals surface area contributed by atoms with Gasteiger partial charge < -0.3 is 19.7 Å². The molecule has 0 aliphatic carbocycles. The Morgan fingerprint density at radius 2 is 0.855 bits per heavy atom. The number of rotatable bonds is 18. The SMILES string of the molecule is O=S(=O)(c1ccc(OCC(O)CN2CCN(CC=Cc3ccccc3)CC2)cc1)c1ccc(OCC(O)CN2CCN(CC=Cc3ccccc3)CC2)cc1. The lowest BCUT2D eigenvalue weighted by Crippen LogP contribution is -2.49. The lowest BCUT2D eigenvalue weighted by molar-refractivity contribution is 0.0481. The predicted molar refractivity (Wildman–Crippen MR) is 218 cm³/mol. The van der Waals surface area contributed by atoms with E-state index in [1.165, 1.54) is 35.4 Å².